The summed E-state index contributed by atoms with van der Waals surface area (Å²) in [6, 6.07) is 0. The van der Waals surface area contributed by atoms with Gasteiger partial charge in [-0.1, -0.05) is 13.2 Å². The van der Waals surface area contributed by atoms with Crippen LogP contribution in [0.1, 0.15) is 6.92 Å². The Balaban J connectivity index is -0.000000225. The molecular formula is C12H24O5Si. The molecule has 0 aliphatic rings. The van der Waals surface area contributed by atoms with Gasteiger partial charge in [-0.05, 0) is 12.6 Å². The van der Waals surface area contributed by atoms with Crippen molar-refractivity contribution in [2.24, 2.45) is 0 Å². The van der Waals surface area contributed by atoms with Gasteiger partial charge in [0.25, 0.3) is 0 Å². The molecule has 106 valence electrons. The van der Waals surface area contributed by atoms with E-state index in [2.05, 4.69) is 31.1 Å². The Labute approximate surface area is 111 Å². The molecular weight excluding hydrogens is 252 g/mol. The Hall–Kier alpha value is -1.21. The highest BCUT2D eigenvalue weighted by atomic mass is 28.4. The number of rotatable bonds is 6. The predicted molar refractivity (Wildman–Crippen MR) is 75.1 cm³/mol. The van der Waals surface area contributed by atoms with Crippen LogP contribution in [-0.2, 0) is 22.8 Å². The van der Waals surface area contributed by atoms with Crippen molar-refractivity contribution in [2.45, 2.75) is 6.92 Å². The quantitative estimate of drug-likeness (QED) is 0.322. The van der Waals surface area contributed by atoms with Crippen molar-refractivity contribution in [3.05, 3.63) is 38.1 Å². The second kappa shape index (κ2) is 15.8. The lowest BCUT2D eigenvalue weighted by molar-refractivity contribution is -0.137. The first kappa shape index (κ1) is 22.0. The predicted octanol–water partition coefficient (Wildman–Crippen LogP) is 2.13. The Morgan fingerprint density at radius 3 is 1.56 bits per heavy atom. The van der Waals surface area contributed by atoms with E-state index >= 15 is 0 Å². The maximum atomic E-state index is 10.1. The van der Waals surface area contributed by atoms with Gasteiger partial charge in [-0.2, -0.15) is 0 Å². The van der Waals surface area contributed by atoms with E-state index in [1.807, 2.05) is 0 Å². The van der Waals surface area contributed by atoms with Gasteiger partial charge in [-0.15, -0.1) is 13.2 Å². The van der Waals surface area contributed by atoms with Crippen LogP contribution in [0, 0.1) is 0 Å². The molecule has 0 N–H and O–H groups in total. The van der Waals surface area contributed by atoms with Crippen LogP contribution in [0.4, 0.5) is 0 Å². The summed E-state index contributed by atoms with van der Waals surface area (Å²) in [6.07, 6.45) is 1.14. The molecule has 0 aromatic heterocycles. The zero-order valence-electron chi connectivity index (χ0n) is 11.7. The number of ether oxygens (including phenoxy) is 1. The molecule has 0 heterocycles. The van der Waals surface area contributed by atoms with Crippen LogP contribution in [0.15, 0.2) is 38.1 Å². The number of hydrogen-bond donors (Lipinski definition) is 0. The summed E-state index contributed by atoms with van der Waals surface area (Å²) in [5, 5.41) is 0. The molecule has 0 spiro atoms. The van der Waals surface area contributed by atoms with Gasteiger partial charge in [0.2, 0.25) is 0 Å². The average molecular weight is 276 g/mol. The lowest BCUT2D eigenvalue weighted by Gasteiger charge is -2.19. The smallest absolute Gasteiger partial charge is 0.463 e. The standard InChI is InChI=1S/C5H12O3Si.C5H8O2.C2H4/c1-5-9(6-2,7-3)8-4;1-3-5(6)7-4-2;1-2/h5H,1H2,2-4H3;3H,1,4H2,2H3;1-2H2. The lowest BCUT2D eigenvalue weighted by atomic mass is 10.6. The molecule has 6 heteroatoms. The van der Waals surface area contributed by atoms with E-state index in [4.69, 9.17) is 13.3 Å². The van der Waals surface area contributed by atoms with E-state index in [1.54, 1.807) is 34.0 Å². The van der Waals surface area contributed by atoms with Crippen molar-refractivity contribution in [1.82, 2.24) is 0 Å². The SMILES string of the molecule is C=C.C=CC(=O)OCC.C=C[Si](OC)(OC)OC. The van der Waals surface area contributed by atoms with Crippen LogP contribution in [-0.4, -0.2) is 42.7 Å². The summed E-state index contributed by atoms with van der Waals surface area (Å²) in [5.41, 5.74) is 1.58. The van der Waals surface area contributed by atoms with E-state index in [1.165, 1.54) is 0 Å². The van der Waals surface area contributed by atoms with Crippen molar-refractivity contribution in [2.75, 3.05) is 27.9 Å². The molecule has 18 heavy (non-hydrogen) atoms. The fraction of sp³-hybridized carbons (Fsp3) is 0.417. The van der Waals surface area contributed by atoms with E-state index in [9.17, 15) is 4.79 Å². The van der Waals surface area contributed by atoms with Gasteiger partial charge in [0.15, 0.2) is 0 Å². The molecule has 0 aliphatic carbocycles. The van der Waals surface area contributed by atoms with Crippen LogP contribution in [0.25, 0.3) is 0 Å². The van der Waals surface area contributed by atoms with E-state index in [0.29, 0.717) is 6.61 Å². The summed E-state index contributed by atoms with van der Waals surface area (Å²) < 4.78 is 19.3. The molecule has 0 amide bonds. The van der Waals surface area contributed by atoms with Gasteiger partial charge < -0.3 is 18.0 Å². The molecule has 0 radical (unpaired) electrons. The Bertz CT molecular complexity index is 218. The van der Waals surface area contributed by atoms with Crippen molar-refractivity contribution >= 4 is 14.8 Å². The molecule has 0 aliphatic heterocycles. The summed E-state index contributed by atoms with van der Waals surface area (Å²) in [5.74, 6) is -0.359. The normalized spacial score (nSPS) is 8.89. The monoisotopic (exact) mass is 276 g/mol. The summed E-state index contributed by atoms with van der Waals surface area (Å²) in [6.45, 7) is 14.9. The van der Waals surface area contributed by atoms with Gasteiger partial charge in [-0.3, -0.25) is 0 Å². The topological polar surface area (TPSA) is 54.0 Å². The minimum atomic E-state index is -2.43. The van der Waals surface area contributed by atoms with Crippen molar-refractivity contribution in [1.29, 1.82) is 0 Å². The Morgan fingerprint density at radius 1 is 1.11 bits per heavy atom. The summed E-state index contributed by atoms with van der Waals surface area (Å²) >= 11 is 0. The third kappa shape index (κ3) is 11.3. The van der Waals surface area contributed by atoms with Gasteiger partial charge in [0.1, 0.15) is 0 Å². The summed E-state index contributed by atoms with van der Waals surface area (Å²) in [4.78, 5) is 10.1. The van der Waals surface area contributed by atoms with E-state index < -0.39 is 8.80 Å². The van der Waals surface area contributed by atoms with Crippen molar-refractivity contribution < 1.29 is 22.8 Å². The number of carbonyl (C=O) groups excluding carboxylic acids is 1. The maximum Gasteiger partial charge on any atom is 0.528 e. The molecule has 0 rings (SSSR count). The average Bonchev–Trinajstić information content (AvgIpc) is 2.45. The molecule has 0 saturated heterocycles. The van der Waals surface area contributed by atoms with Gasteiger partial charge >= 0.3 is 14.8 Å². The number of carbonyl (C=O) groups is 1. The van der Waals surface area contributed by atoms with E-state index in [-0.39, 0.29) is 5.97 Å². The van der Waals surface area contributed by atoms with Crippen LogP contribution in [0.3, 0.4) is 0 Å². The molecule has 5 nitrogen and oxygen atoms in total. The first-order valence-corrected chi connectivity index (χ1v) is 6.94. The largest absolute Gasteiger partial charge is 0.528 e. The highest BCUT2D eigenvalue weighted by Gasteiger charge is 2.33. The number of esters is 1. The van der Waals surface area contributed by atoms with Crippen LogP contribution < -0.4 is 0 Å². The van der Waals surface area contributed by atoms with Gasteiger partial charge in [-0.25, -0.2) is 4.79 Å². The van der Waals surface area contributed by atoms with Crippen molar-refractivity contribution in [3.63, 3.8) is 0 Å². The minimum absolute atomic E-state index is 0.359. The highest BCUT2D eigenvalue weighted by molar-refractivity contribution is 6.66. The summed E-state index contributed by atoms with van der Waals surface area (Å²) in [7, 11) is 2.20. The molecule has 0 atom stereocenters. The fourth-order valence-corrected chi connectivity index (χ4v) is 1.70. The van der Waals surface area contributed by atoms with Gasteiger partial charge in [0.05, 0.1) is 6.61 Å². The van der Waals surface area contributed by atoms with Crippen molar-refractivity contribution in [3.8, 4) is 0 Å². The molecule has 0 unspecified atom stereocenters. The van der Waals surface area contributed by atoms with Gasteiger partial charge in [0, 0.05) is 27.4 Å². The lowest BCUT2D eigenvalue weighted by Crippen LogP contribution is -2.40. The Morgan fingerprint density at radius 2 is 1.50 bits per heavy atom. The maximum absolute atomic E-state index is 10.1. The first-order chi connectivity index (χ1) is 8.55. The molecule has 0 bridgehead atoms. The van der Waals surface area contributed by atoms with Crippen LogP contribution >= 0.6 is 0 Å². The van der Waals surface area contributed by atoms with Crippen LogP contribution in [0.5, 0.6) is 0 Å². The fourth-order valence-electron chi connectivity index (χ4n) is 0.701. The molecule has 0 fully saturated rings. The molecule has 0 aromatic rings. The zero-order chi connectivity index (χ0) is 15.0. The number of hydrogen-bond acceptors (Lipinski definition) is 5. The third-order valence-corrected chi connectivity index (χ3v) is 3.76. The Kier molecular flexibility index (Phi) is 19.3. The highest BCUT2D eigenvalue weighted by Crippen LogP contribution is 2.04. The zero-order valence-corrected chi connectivity index (χ0v) is 12.7. The molecule has 0 aromatic carbocycles. The second-order valence-electron chi connectivity index (χ2n) is 2.38. The second-order valence-corrected chi connectivity index (χ2v) is 5.22. The molecule has 0 saturated carbocycles. The van der Waals surface area contributed by atoms with Crippen LogP contribution in [0.2, 0.25) is 0 Å². The first-order valence-electron chi connectivity index (χ1n) is 5.13. The van der Waals surface area contributed by atoms with E-state index in [0.717, 1.165) is 6.08 Å². The minimum Gasteiger partial charge on any atom is -0.463 e. The third-order valence-electron chi connectivity index (χ3n) is 1.56.